The fraction of sp³-hybridized carbons (Fsp3) is 0.562. The molecule has 0 radical (unpaired) electrons. The van der Waals surface area contributed by atoms with Gasteiger partial charge in [0.25, 0.3) is 0 Å². The van der Waals surface area contributed by atoms with Crippen LogP contribution in [0.1, 0.15) is 36.8 Å². The lowest BCUT2D eigenvalue weighted by atomic mass is 10.1. The first-order chi connectivity index (χ1) is 9.24. The Morgan fingerprint density at radius 1 is 1.16 bits per heavy atom. The molecule has 2 fully saturated rings. The maximum Gasteiger partial charge on any atom is 0.140 e. The number of nitriles is 1. The van der Waals surface area contributed by atoms with E-state index in [2.05, 4.69) is 4.90 Å². The molecule has 0 spiro atoms. The Morgan fingerprint density at radius 2 is 1.79 bits per heavy atom. The molecule has 0 bridgehead atoms. The topological polar surface area (TPSA) is 27.0 Å². The number of benzene rings is 1. The van der Waals surface area contributed by atoms with E-state index in [0.717, 1.165) is 37.0 Å². The second-order valence-electron chi connectivity index (χ2n) is 6.01. The first-order valence-electron chi connectivity index (χ1n) is 7.15. The van der Waals surface area contributed by atoms with Crippen molar-refractivity contribution in [3.63, 3.8) is 0 Å². The average molecular weight is 258 g/mol. The van der Waals surface area contributed by atoms with E-state index in [1.165, 1.54) is 31.7 Å². The van der Waals surface area contributed by atoms with Gasteiger partial charge in [-0.05, 0) is 55.2 Å². The monoisotopic (exact) mass is 258 g/mol. The Balaban J connectivity index is 1.67. The molecule has 0 amide bonds. The van der Waals surface area contributed by atoms with Crippen LogP contribution in [0.2, 0.25) is 0 Å². The minimum absolute atomic E-state index is 0.162. The third kappa shape index (κ3) is 3.54. The smallest absolute Gasteiger partial charge is 0.140 e. The molecule has 2 nitrogen and oxygen atoms in total. The molecule has 3 heteroatoms. The van der Waals surface area contributed by atoms with Crippen LogP contribution in [0.5, 0.6) is 0 Å². The SMILES string of the molecule is N#Cc1cc(CN(CC2CC2)CC2CC2)ccc1F. The highest BCUT2D eigenvalue weighted by atomic mass is 19.1. The van der Waals surface area contributed by atoms with E-state index in [1.54, 1.807) is 6.07 Å². The van der Waals surface area contributed by atoms with Crippen LogP contribution in [-0.4, -0.2) is 18.0 Å². The van der Waals surface area contributed by atoms with Crippen molar-refractivity contribution in [1.29, 1.82) is 5.26 Å². The summed E-state index contributed by atoms with van der Waals surface area (Å²) in [5, 5.41) is 8.88. The Kier molecular flexibility index (Phi) is 3.52. The van der Waals surface area contributed by atoms with E-state index < -0.39 is 5.82 Å². The third-order valence-electron chi connectivity index (χ3n) is 3.98. The standard InChI is InChI=1S/C16H19FN2/c17-16-6-5-14(7-15(16)8-18)11-19(9-12-1-2-12)10-13-3-4-13/h5-7,12-13H,1-4,9-11H2. The molecule has 0 heterocycles. The van der Waals surface area contributed by atoms with Gasteiger partial charge < -0.3 is 0 Å². The molecule has 0 unspecified atom stereocenters. The number of halogens is 1. The van der Waals surface area contributed by atoms with Crippen molar-refractivity contribution in [2.24, 2.45) is 11.8 Å². The van der Waals surface area contributed by atoms with E-state index in [-0.39, 0.29) is 5.56 Å². The third-order valence-corrected chi connectivity index (χ3v) is 3.98. The lowest BCUT2D eigenvalue weighted by Gasteiger charge is -2.22. The molecular weight excluding hydrogens is 239 g/mol. The molecule has 2 aliphatic carbocycles. The molecule has 19 heavy (non-hydrogen) atoms. The van der Waals surface area contributed by atoms with Crippen LogP contribution in [-0.2, 0) is 6.54 Å². The Bertz CT molecular complexity index is 484. The molecule has 0 aliphatic heterocycles. The Morgan fingerprint density at radius 3 is 2.32 bits per heavy atom. The van der Waals surface area contributed by atoms with Crippen LogP contribution in [0.3, 0.4) is 0 Å². The highest BCUT2D eigenvalue weighted by Gasteiger charge is 2.29. The van der Waals surface area contributed by atoms with Crippen molar-refractivity contribution in [3.05, 3.63) is 35.1 Å². The summed E-state index contributed by atoms with van der Waals surface area (Å²) in [5.41, 5.74) is 1.22. The maximum atomic E-state index is 13.3. The van der Waals surface area contributed by atoms with Crippen LogP contribution in [0.15, 0.2) is 18.2 Å². The largest absolute Gasteiger partial charge is 0.299 e. The molecule has 2 aliphatic rings. The normalized spacial score (nSPS) is 18.6. The van der Waals surface area contributed by atoms with Crippen molar-refractivity contribution in [1.82, 2.24) is 4.90 Å². The van der Waals surface area contributed by atoms with Crippen LogP contribution in [0.4, 0.5) is 4.39 Å². The van der Waals surface area contributed by atoms with E-state index >= 15 is 0 Å². The van der Waals surface area contributed by atoms with Gasteiger partial charge in [0, 0.05) is 19.6 Å². The lowest BCUT2D eigenvalue weighted by Crippen LogP contribution is -2.27. The first kappa shape index (κ1) is 12.6. The first-order valence-corrected chi connectivity index (χ1v) is 7.15. The predicted octanol–water partition coefficient (Wildman–Crippen LogP) is 3.32. The molecule has 0 saturated heterocycles. The van der Waals surface area contributed by atoms with Crippen LogP contribution < -0.4 is 0 Å². The van der Waals surface area contributed by atoms with Gasteiger partial charge in [-0.1, -0.05) is 6.07 Å². The summed E-state index contributed by atoms with van der Waals surface area (Å²) >= 11 is 0. The summed E-state index contributed by atoms with van der Waals surface area (Å²) in [7, 11) is 0. The summed E-state index contributed by atoms with van der Waals surface area (Å²) in [6, 6.07) is 6.84. The molecule has 3 rings (SSSR count). The average Bonchev–Trinajstić information content (AvgIpc) is 3.28. The van der Waals surface area contributed by atoms with E-state index in [4.69, 9.17) is 5.26 Å². The number of hydrogen-bond acceptors (Lipinski definition) is 2. The summed E-state index contributed by atoms with van der Waals surface area (Å²) in [5.74, 6) is 1.33. The summed E-state index contributed by atoms with van der Waals surface area (Å²) < 4.78 is 13.3. The summed E-state index contributed by atoms with van der Waals surface area (Å²) in [6.45, 7) is 3.17. The molecule has 0 N–H and O–H groups in total. The minimum atomic E-state index is -0.415. The molecule has 2 saturated carbocycles. The van der Waals surface area contributed by atoms with Gasteiger partial charge >= 0.3 is 0 Å². The fourth-order valence-electron chi connectivity index (χ4n) is 2.55. The zero-order chi connectivity index (χ0) is 13.2. The molecule has 0 atom stereocenters. The van der Waals surface area contributed by atoms with Gasteiger partial charge in [-0.15, -0.1) is 0 Å². The van der Waals surface area contributed by atoms with Gasteiger partial charge in [-0.2, -0.15) is 5.26 Å². The van der Waals surface area contributed by atoms with Crippen LogP contribution in [0, 0.1) is 29.0 Å². The summed E-state index contributed by atoms with van der Waals surface area (Å²) in [6.07, 6.45) is 5.42. The van der Waals surface area contributed by atoms with Gasteiger partial charge in [0.2, 0.25) is 0 Å². The molecule has 1 aromatic carbocycles. The molecular formula is C16H19FN2. The van der Waals surface area contributed by atoms with Crippen molar-refractivity contribution in [3.8, 4) is 6.07 Å². The quantitative estimate of drug-likeness (QED) is 0.782. The van der Waals surface area contributed by atoms with Crippen molar-refractivity contribution in [2.45, 2.75) is 32.2 Å². The number of nitrogens with zero attached hydrogens (tertiary/aromatic N) is 2. The number of rotatable bonds is 6. The van der Waals surface area contributed by atoms with Crippen molar-refractivity contribution in [2.75, 3.05) is 13.1 Å². The Labute approximate surface area is 113 Å². The van der Waals surface area contributed by atoms with E-state index in [1.807, 2.05) is 12.1 Å². The molecule has 100 valence electrons. The van der Waals surface area contributed by atoms with Gasteiger partial charge in [0.05, 0.1) is 5.56 Å². The highest BCUT2D eigenvalue weighted by Crippen LogP contribution is 2.34. The van der Waals surface area contributed by atoms with E-state index in [9.17, 15) is 4.39 Å². The maximum absolute atomic E-state index is 13.3. The fourth-order valence-corrected chi connectivity index (χ4v) is 2.55. The van der Waals surface area contributed by atoms with Crippen molar-refractivity contribution < 1.29 is 4.39 Å². The number of hydrogen-bond donors (Lipinski definition) is 0. The minimum Gasteiger partial charge on any atom is -0.299 e. The molecule has 1 aromatic rings. The zero-order valence-electron chi connectivity index (χ0n) is 11.1. The van der Waals surface area contributed by atoms with Gasteiger partial charge in [0.15, 0.2) is 0 Å². The van der Waals surface area contributed by atoms with Crippen LogP contribution >= 0.6 is 0 Å². The highest BCUT2D eigenvalue weighted by molar-refractivity contribution is 5.34. The molecule has 0 aromatic heterocycles. The Hall–Kier alpha value is -1.40. The zero-order valence-corrected chi connectivity index (χ0v) is 11.1. The predicted molar refractivity (Wildman–Crippen MR) is 71.8 cm³/mol. The van der Waals surface area contributed by atoms with Crippen molar-refractivity contribution >= 4 is 0 Å². The van der Waals surface area contributed by atoms with Gasteiger partial charge in [-0.3, -0.25) is 4.90 Å². The van der Waals surface area contributed by atoms with Gasteiger partial charge in [0.1, 0.15) is 11.9 Å². The van der Waals surface area contributed by atoms with E-state index in [0.29, 0.717) is 0 Å². The van der Waals surface area contributed by atoms with Crippen LogP contribution in [0.25, 0.3) is 0 Å². The van der Waals surface area contributed by atoms with Gasteiger partial charge in [-0.25, -0.2) is 4.39 Å². The second kappa shape index (κ2) is 5.30. The second-order valence-corrected chi connectivity index (χ2v) is 6.01. The summed E-state index contributed by atoms with van der Waals surface area (Å²) in [4.78, 5) is 2.49. The lowest BCUT2D eigenvalue weighted by molar-refractivity contribution is 0.244.